The van der Waals surface area contributed by atoms with Gasteiger partial charge < -0.3 is 5.32 Å². The van der Waals surface area contributed by atoms with Crippen LogP contribution in [0.15, 0.2) is 0 Å². The van der Waals surface area contributed by atoms with Gasteiger partial charge in [-0.1, -0.05) is 32.6 Å². The van der Waals surface area contributed by atoms with E-state index in [0.717, 1.165) is 5.92 Å². The Hall–Kier alpha value is -0.0400. The second kappa shape index (κ2) is 3.37. The van der Waals surface area contributed by atoms with Gasteiger partial charge in [0, 0.05) is 6.54 Å². The maximum atomic E-state index is 3.54. The number of hydrogen-bond donors (Lipinski definition) is 1. The van der Waals surface area contributed by atoms with Gasteiger partial charge in [0.15, 0.2) is 0 Å². The largest absolute Gasteiger partial charge is 0.316 e. The van der Waals surface area contributed by atoms with E-state index in [0.29, 0.717) is 5.41 Å². The van der Waals surface area contributed by atoms with Crippen molar-refractivity contribution in [1.82, 2.24) is 5.32 Å². The Labute approximate surface area is 75.9 Å². The molecule has 0 radical (unpaired) electrons. The van der Waals surface area contributed by atoms with E-state index in [1.807, 2.05) is 0 Å². The molecule has 2 atom stereocenters. The van der Waals surface area contributed by atoms with E-state index in [9.17, 15) is 0 Å². The van der Waals surface area contributed by atoms with Crippen LogP contribution < -0.4 is 5.32 Å². The summed E-state index contributed by atoms with van der Waals surface area (Å²) in [5.74, 6) is 0.968. The molecule has 70 valence electrons. The van der Waals surface area contributed by atoms with E-state index in [-0.39, 0.29) is 0 Å². The number of rotatable bonds is 0. The molecule has 12 heavy (non-hydrogen) atoms. The molecular formula is C11H21N. The Morgan fingerprint density at radius 3 is 2.83 bits per heavy atom. The summed E-state index contributed by atoms with van der Waals surface area (Å²) in [5, 5.41) is 3.54. The first-order valence-electron chi connectivity index (χ1n) is 5.54. The van der Waals surface area contributed by atoms with Crippen molar-refractivity contribution in [2.75, 3.05) is 13.1 Å². The summed E-state index contributed by atoms with van der Waals surface area (Å²) < 4.78 is 0. The highest BCUT2D eigenvalue weighted by molar-refractivity contribution is 4.92. The van der Waals surface area contributed by atoms with Gasteiger partial charge >= 0.3 is 0 Å². The van der Waals surface area contributed by atoms with Gasteiger partial charge in [-0.05, 0) is 30.7 Å². The molecule has 1 saturated carbocycles. The summed E-state index contributed by atoms with van der Waals surface area (Å²) in [6.07, 6.45) is 8.83. The highest BCUT2D eigenvalue weighted by atomic mass is 14.9. The van der Waals surface area contributed by atoms with Crippen LogP contribution in [0, 0.1) is 11.3 Å². The second-order valence-corrected chi connectivity index (χ2v) is 4.79. The molecule has 1 N–H and O–H groups in total. The number of hydrogen-bond acceptors (Lipinski definition) is 1. The van der Waals surface area contributed by atoms with Crippen LogP contribution in [0.4, 0.5) is 0 Å². The van der Waals surface area contributed by atoms with Crippen LogP contribution in [0.25, 0.3) is 0 Å². The lowest BCUT2D eigenvalue weighted by atomic mass is 9.72. The van der Waals surface area contributed by atoms with E-state index < -0.39 is 0 Å². The van der Waals surface area contributed by atoms with Gasteiger partial charge in [-0.2, -0.15) is 0 Å². The molecule has 2 rings (SSSR count). The van der Waals surface area contributed by atoms with Crippen molar-refractivity contribution in [2.45, 2.75) is 45.4 Å². The van der Waals surface area contributed by atoms with Crippen LogP contribution in [0.3, 0.4) is 0 Å². The van der Waals surface area contributed by atoms with Gasteiger partial charge in [-0.3, -0.25) is 0 Å². The third-order valence-corrected chi connectivity index (χ3v) is 4.13. The average molecular weight is 167 g/mol. The van der Waals surface area contributed by atoms with Gasteiger partial charge in [0.25, 0.3) is 0 Å². The molecule has 1 aliphatic carbocycles. The fourth-order valence-electron chi connectivity index (χ4n) is 3.05. The van der Waals surface area contributed by atoms with E-state index in [2.05, 4.69) is 12.2 Å². The summed E-state index contributed by atoms with van der Waals surface area (Å²) in [5.41, 5.74) is 0.705. The molecule has 1 heteroatoms. The van der Waals surface area contributed by atoms with Crippen LogP contribution >= 0.6 is 0 Å². The van der Waals surface area contributed by atoms with Crippen molar-refractivity contribution >= 4 is 0 Å². The first kappa shape index (κ1) is 8.55. The van der Waals surface area contributed by atoms with E-state index in [1.165, 1.54) is 51.6 Å². The molecule has 1 heterocycles. The quantitative estimate of drug-likeness (QED) is 0.584. The van der Waals surface area contributed by atoms with Crippen molar-refractivity contribution in [2.24, 2.45) is 11.3 Å². The third kappa shape index (κ3) is 1.39. The molecule has 1 spiro atoms. The van der Waals surface area contributed by atoms with Gasteiger partial charge in [-0.25, -0.2) is 0 Å². The Bertz CT molecular complexity index is 147. The molecule has 0 amide bonds. The molecule has 2 unspecified atom stereocenters. The zero-order chi connectivity index (χ0) is 8.44. The molecule has 1 aliphatic heterocycles. The van der Waals surface area contributed by atoms with Crippen LogP contribution in [0.1, 0.15) is 45.4 Å². The van der Waals surface area contributed by atoms with Gasteiger partial charge in [0.1, 0.15) is 0 Å². The van der Waals surface area contributed by atoms with Gasteiger partial charge in [-0.15, -0.1) is 0 Å². The van der Waals surface area contributed by atoms with Crippen LogP contribution in [0.5, 0.6) is 0 Å². The fourth-order valence-corrected chi connectivity index (χ4v) is 3.05. The molecule has 0 aromatic heterocycles. The Kier molecular flexibility index (Phi) is 2.40. The predicted molar refractivity (Wildman–Crippen MR) is 52.2 cm³/mol. The summed E-state index contributed by atoms with van der Waals surface area (Å²) in [4.78, 5) is 0. The van der Waals surface area contributed by atoms with Crippen molar-refractivity contribution in [3.8, 4) is 0 Å². The fraction of sp³-hybridized carbons (Fsp3) is 1.00. The van der Waals surface area contributed by atoms with Crippen molar-refractivity contribution in [3.05, 3.63) is 0 Å². The molecule has 2 fully saturated rings. The summed E-state index contributed by atoms with van der Waals surface area (Å²) >= 11 is 0. The zero-order valence-corrected chi connectivity index (χ0v) is 8.23. The Balaban J connectivity index is 2.08. The molecular weight excluding hydrogens is 146 g/mol. The zero-order valence-electron chi connectivity index (χ0n) is 8.23. The lowest BCUT2D eigenvalue weighted by Crippen LogP contribution is -2.30. The monoisotopic (exact) mass is 167 g/mol. The van der Waals surface area contributed by atoms with Gasteiger partial charge in [0.05, 0.1) is 0 Å². The standard InChI is InChI=1S/C11H21N/c1-10-5-3-2-4-6-11(10)7-8-12-9-11/h10,12H,2-9H2,1H3. The molecule has 1 nitrogen and oxygen atoms in total. The molecule has 0 bridgehead atoms. The smallest absolute Gasteiger partial charge is 0.00108 e. The van der Waals surface area contributed by atoms with Crippen molar-refractivity contribution in [1.29, 1.82) is 0 Å². The van der Waals surface area contributed by atoms with Crippen LogP contribution in [-0.4, -0.2) is 13.1 Å². The average Bonchev–Trinajstić information content (AvgIpc) is 2.45. The Morgan fingerprint density at radius 2 is 2.08 bits per heavy atom. The van der Waals surface area contributed by atoms with E-state index in [4.69, 9.17) is 0 Å². The minimum absolute atomic E-state index is 0.705. The summed E-state index contributed by atoms with van der Waals surface area (Å²) in [7, 11) is 0. The van der Waals surface area contributed by atoms with Crippen molar-refractivity contribution in [3.63, 3.8) is 0 Å². The lowest BCUT2D eigenvalue weighted by Gasteiger charge is -2.33. The topological polar surface area (TPSA) is 12.0 Å². The summed E-state index contributed by atoms with van der Waals surface area (Å²) in [6, 6.07) is 0. The highest BCUT2D eigenvalue weighted by Gasteiger charge is 2.38. The third-order valence-electron chi connectivity index (χ3n) is 4.13. The van der Waals surface area contributed by atoms with Crippen molar-refractivity contribution < 1.29 is 0 Å². The van der Waals surface area contributed by atoms with Crippen LogP contribution in [0.2, 0.25) is 0 Å². The first-order valence-corrected chi connectivity index (χ1v) is 5.54. The SMILES string of the molecule is CC1CCCCCC12CCNC2. The second-order valence-electron chi connectivity index (χ2n) is 4.79. The molecule has 0 aromatic rings. The highest BCUT2D eigenvalue weighted by Crippen LogP contribution is 2.43. The molecule has 1 saturated heterocycles. The maximum Gasteiger partial charge on any atom is 0.00108 e. The van der Waals surface area contributed by atoms with E-state index in [1.54, 1.807) is 0 Å². The minimum Gasteiger partial charge on any atom is -0.316 e. The summed E-state index contributed by atoms with van der Waals surface area (Å²) in [6.45, 7) is 5.04. The molecule has 2 aliphatic rings. The lowest BCUT2D eigenvalue weighted by molar-refractivity contribution is 0.186. The first-order chi connectivity index (χ1) is 5.83. The van der Waals surface area contributed by atoms with E-state index >= 15 is 0 Å². The minimum atomic E-state index is 0.705. The normalized spacial score (nSPS) is 43.2. The predicted octanol–water partition coefficient (Wildman–Crippen LogP) is 2.57. The van der Waals surface area contributed by atoms with Gasteiger partial charge in [0.2, 0.25) is 0 Å². The maximum absolute atomic E-state index is 3.54. The Morgan fingerprint density at radius 1 is 1.17 bits per heavy atom. The van der Waals surface area contributed by atoms with Crippen LogP contribution in [-0.2, 0) is 0 Å². The number of nitrogens with one attached hydrogen (secondary N) is 1. The molecule has 0 aromatic carbocycles.